The molecular formula is C27H26N2S4. The van der Waals surface area contributed by atoms with E-state index in [-0.39, 0.29) is 0 Å². The van der Waals surface area contributed by atoms with Crippen LogP contribution in [0.2, 0.25) is 0 Å². The molecule has 0 radical (unpaired) electrons. The number of hydrogen-bond donors (Lipinski definition) is 0. The molecule has 0 aliphatic rings. The molecule has 0 N–H and O–H groups in total. The molecule has 168 valence electrons. The zero-order valence-corrected chi connectivity index (χ0v) is 23.0. The minimum atomic E-state index is 0.767. The van der Waals surface area contributed by atoms with E-state index in [9.17, 15) is 10.5 Å². The second-order valence-electron chi connectivity index (χ2n) is 7.75. The SMILES string of the molecule is C/C(C#N)=c1\cc(C)/c(=c2/cc/c(=c3/cc/c(=c4\s/c(=C(\C)C#N)cc4C)s3)s2)s1.CCC. The maximum absolute atomic E-state index is 9.18. The third-order valence-corrected chi connectivity index (χ3v) is 10.3. The molecule has 0 amide bonds. The van der Waals surface area contributed by atoms with Gasteiger partial charge >= 0.3 is 0 Å². The summed E-state index contributed by atoms with van der Waals surface area (Å²) in [6.07, 6.45) is 1.25. The van der Waals surface area contributed by atoms with Gasteiger partial charge in [0.25, 0.3) is 0 Å². The van der Waals surface area contributed by atoms with Crippen LogP contribution in [0, 0.1) is 63.7 Å². The third kappa shape index (κ3) is 5.54. The van der Waals surface area contributed by atoms with Crippen molar-refractivity contribution < 1.29 is 0 Å². The molecule has 0 atom stereocenters. The number of nitrogens with zero attached hydrogens (tertiary/aromatic N) is 2. The predicted octanol–water partition coefficient (Wildman–Crippen LogP) is 7.22. The Hall–Kier alpha value is -2.48. The fraction of sp³-hybridized carbons (Fsp3) is 0.259. The van der Waals surface area contributed by atoms with Crippen LogP contribution in [0.25, 0.3) is 11.1 Å². The normalized spacial score (nSPS) is 15.6. The largest absolute Gasteiger partial charge is 0.193 e. The monoisotopic (exact) mass is 506 g/mol. The van der Waals surface area contributed by atoms with Crippen LogP contribution in [-0.2, 0) is 0 Å². The van der Waals surface area contributed by atoms with Gasteiger partial charge in [-0.15, -0.1) is 45.3 Å². The van der Waals surface area contributed by atoms with Crippen LogP contribution in [0.5, 0.6) is 0 Å². The molecule has 4 rings (SSSR count). The average molecular weight is 507 g/mol. The molecule has 6 heteroatoms. The number of nitriles is 2. The Morgan fingerprint density at radius 1 is 0.667 bits per heavy atom. The molecule has 33 heavy (non-hydrogen) atoms. The number of hydrogen-bond acceptors (Lipinski definition) is 6. The van der Waals surface area contributed by atoms with E-state index in [0.717, 1.165) is 20.2 Å². The van der Waals surface area contributed by atoms with Gasteiger partial charge in [-0.3, -0.25) is 0 Å². The van der Waals surface area contributed by atoms with E-state index in [1.165, 1.54) is 44.7 Å². The third-order valence-electron chi connectivity index (χ3n) is 4.81. The van der Waals surface area contributed by atoms with Gasteiger partial charge in [0, 0.05) is 47.4 Å². The van der Waals surface area contributed by atoms with Crippen LogP contribution in [0.1, 0.15) is 45.2 Å². The molecule has 4 aromatic heterocycles. The van der Waals surface area contributed by atoms with E-state index in [0.29, 0.717) is 0 Å². The molecule has 4 heterocycles. The van der Waals surface area contributed by atoms with E-state index in [2.05, 4.69) is 76.2 Å². The van der Waals surface area contributed by atoms with Crippen LogP contribution in [0.15, 0.2) is 36.4 Å². The van der Waals surface area contributed by atoms with Crippen molar-refractivity contribution in [3.8, 4) is 12.1 Å². The van der Waals surface area contributed by atoms with Crippen LogP contribution in [-0.4, -0.2) is 0 Å². The molecule has 0 aromatic carbocycles. The minimum Gasteiger partial charge on any atom is -0.193 e. The van der Waals surface area contributed by atoms with Crippen molar-refractivity contribution in [1.82, 2.24) is 0 Å². The van der Waals surface area contributed by atoms with Crippen molar-refractivity contribution in [2.45, 2.75) is 48.0 Å². The van der Waals surface area contributed by atoms with Crippen LogP contribution >= 0.6 is 45.3 Å². The van der Waals surface area contributed by atoms with E-state index in [1.807, 2.05) is 13.8 Å². The number of aryl methyl sites for hydroxylation is 2. The summed E-state index contributed by atoms with van der Waals surface area (Å²) in [5.41, 5.74) is 3.97. The first-order valence-electron chi connectivity index (χ1n) is 10.7. The van der Waals surface area contributed by atoms with E-state index >= 15 is 0 Å². The summed E-state index contributed by atoms with van der Waals surface area (Å²) in [5, 5.41) is 18.4. The summed E-state index contributed by atoms with van der Waals surface area (Å²) < 4.78 is 9.58. The van der Waals surface area contributed by atoms with Crippen LogP contribution in [0.3, 0.4) is 0 Å². The summed E-state index contributed by atoms with van der Waals surface area (Å²) in [5.74, 6) is 0. The molecular weight excluding hydrogens is 481 g/mol. The Balaban J connectivity index is 0.000000968. The highest BCUT2D eigenvalue weighted by Crippen LogP contribution is 2.18. The Morgan fingerprint density at radius 2 is 1.00 bits per heavy atom. The molecule has 0 aliphatic heterocycles. The van der Waals surface area contributed by atoms with E-state index in [4.69, 9.17) is 0 Å². The number of thiophene rings is 4. The molecule has 0 fully saturated rings. The van der Waals surface area contributed by atoms with Crippen molar-refractivity contribution in [2.24, 2.45) is 0 Å². The van der Waals surface area contributed by atoms with Crippen molar-refractivity contribution in [3.63, 3.8) is 0 Å². The lowest BCUT2D eigenvalue weighted by atomic mass is 10.3. The van der Waals surface area contributed by atoms with E-state index in [1.54, 1.807) is 45.3 Å². The highest BCUT2D eigenvalue weighted by atomic mass is 32.1. The maximum atomic E-state index is 9.18. The topological polar surface area (TPSA) is 47.6 Å². The van der Waals surface area contributed by atoms with Crippen LogP contribution in [0.4, 0.5) is 0 Å². The standard InChI is InChI=1S/C24H18N2S4.C3H8/c1-13-9-21(15(3)11-25)29-23(13)19-7-5-17(27-19)18-6-8-20(28-18)24-14(2)10-22(30-24)16(4)12-26;1-3-2/h5-10H,1-4H3;3H2,1-2H3/b18-17+,21-15-,22-16+,23-19+,24-20+;. The van der Waals surface area contributed by atoms with Crippen molar-refractivity contribution in [3.05, 3.63) is 83.8 Å². The van der Waals surface area contributed by atoms with Gasteiger partial charge in [0.15, 0.2) is 0 Å². The minimum absolute atomic E-state index is 0.767. The van der Waals surface area contributed by atoms with Gasteiger partial charge in [-0.2, -0.15) is 10.5 Å². The number of rotatable bonds is 0. The summed E-state index contributed by atoms with van der Waals surface area (Å²) in [4.78, 5) is 0. The zero-order valence-electron chi connectivity index (χ0n) is 19.7. The van der Waals surface area contributed by atoms with Gasteiger partial charge in [-0.05, 0) is 75.2 Å². The lowest BCUT2D eigenvalue weighted by Crippen LogP contribution is -1.92. The molecule has 0 spiro atoms. The van der Waals surface area contributed by atoms with Crippen molar-refractivity contribution in [1.29, 1.82) is 10.5 Å². The molecule has 2 nitrogen and oxygen atoms in total. The first kappa shape index (κ1) is 25.1. The van der Waals surface area contributed by atoms with Gasteiger partial charge in [0.05, 0.1) is 12.1 Å². The summed E-state index contributed by atoms with van der Waals surface area (Å²) in [6, 6.07) is 17.5. The molecule has 0 unspecified atom stereocenters. The van der Waals surface area contributed by atoms with E-state index < -0.39 is 0 Å². The van der Waals surface area contributed by atoms with Crippen molar-refractivity contribution in [2.75, 3.05) is 0 Å². The van der Waals surface area contributed by atoms with Gasteiger partial charge in [0.1, 0.15) is 0 Å². The molecule has 4 aromatic rings. The second-order valence-corrected chi connectivity index (χ2v) is 12.0. The van der Waals surface area contributed by atoms with Crippen molar-refractivity contribution >= 4 is 56.5 Å². The Bertz CT molecular complexity index is 1650. The maximum Gasteiger partial charge on any atom is 0.0958 e. The highest BCUT2D eigenvalue weighted by molar-refractivity contribution is 7.14. The Morgan fingerprint density at radius 3 is 1.33 bits per heavy atom. The van der Waals surface area contributed by atoms with Crippen LogP contribution < -0.4 is 9.06 Å². The van der Waals surface area contributed by atoms with Gasteiger partial charge in [-0.1, -0.05) is 20.3 Å². The predicted molar refractivity (Wildman–Crippen MR) is 144 cm³/mol. The van der Waals surface area contributed by atoms with Gasteiger partial charge in [-0.25, -0.2) is 0 Å². The molecule has 0 saturated heterocycles. The first-order valence-corrected chi connectivity index (χ1v) is 14.0. The van der Waals surface area contributed by atoms with Gasteiger partial charge < -0.3 is 0 Å². The fourth-order valence-corrected chi connectivity index (χ4v) is 7.82. The highest BCUT2D eigenvalue weighted by Gasteiger charge is 2.01. The zero-order chi connectivity index (χ0) is 24.1. The molecule has 0 bridgehead atoms. The lowest BCUT2D eigenvalue weighted by molar-refractivity contribution is 1.09. The Labute approximate surface area is 210 Å². The first-order chi connectivity index (χ1) is 15.8. The van der Waals surface area contributed by atoms with Gasteiger partial charge in [0.2, 0.25) is 0 Å². The summed E-state index contributed by atoms with van der Waals surface area (Å²) >= 11 is 6.98. The second kappa shape index (κ2) is 11.1. The fourth-order valence-electron chi connectivity index (χ4n) is 3.12. The summed E-state index contributed by atoms with van der Waals surface area (Å²) in [6.45, 7) is 12.2. The quantitative estimate of drug-likeness (QED) is 0.253. The average Bonchev–Trinajstić information content (AvgIpc) is 3.58. The lowest BCUT2D eigenvalue weighted by Gasteiger charge is -1.79. The summed E-state index contributed by atoms with van der Waals surface area (Å²) in [7, 11) is 0. The molecule has 0 aliphatic carbocycles. The Kier molecular flexibility index (Phi) is 8.46. The smallest absolute Gasteiger partial charge is 0.0958 e. The molecule has 0 saturated carbocycles.